The zero-order valence-corrected chi connectivity index (χ0v) is 20.4. The normalized spacial score (nSPS) is 21.2. The molecular formula is C19H21F3N3NaO9. The fourth-order valence-electron chi connectivity index (χ4n) is 3.09. The van der Waals surface area contributed by atoms with Crippen LogP contribution in [0.25, 0.3) is 0 Å². The van der Waals surface area contributed by atoms with Crippen molar-refractivity contribution in [1.29, 1.82) is 0 Å². The molecule has 1 aromatic carbocycles. The Hall–Kier alpha value is -2.56. The molecule has 0 fully saturated rings. The molecule has 0 aliphatic carbocycles. The van der Waals surface area contributed by atoms with E-state index in [1.165, 1.54) is 12.1 Å². The number of ether oxygens (including phenoxy) is 2. The molecular weight excluding hydrogens is 494 g/mol. The van der Waals surface area contributed by atoms with Gasteiger partial charge in [0.2, 0.25) is 5.91 Å². The van der Waals surface area contributed by atoms with Crippen molar-refractivity contribution >= 4 is 23.6 Å². The van der Waals surface area contributed by atoms with Gasteiger partial charge in [-0.05, 0) is 18.2 Å². The third-order valence-electron chi connectivity index (χ3n) is 4.48. The number of hydrogen-bond acceptors (Lipinski definition) is 9. The van der Waals surface area contributed by atoms with Crippen LogP contribution in [0, 0.1) is 0 Å². The van der Waals surface area contributed by atoms with Crippen LogP contribution in [0.15, 0.2) is 36.1 Å². The number of benzene rings is 1. The first-order chi connectivity index (χ1) is 15.8. The first kappa shape index (κ1) is 30.5. The van der Waals surface area contributed by atoms with E-state index in [0.29, 0.717) is 0 Å². The molecule has 0 spiro atoms. The number of carbonyl (C=O) groups excluding carboxylic acids is 3. The van der Waals surface area contributed by atoms with Gasteiger partial charge in [-0.2, -0.15) is 0 Å². The first-order valence-electron chi connectivity index (χ1n) is 9.58. The summed E-state index contributed by atoms with van der Waals surface area (Å²) < 4.78 is 46.7. The molecule has 0 bridgehead atoms. The number of carboxylic acids is 1. The van der Waals surface area contributed by atoms with E-state index >= 15 is 0 Å². The molecule has 16 heteroatoms. The molecule has 0 aromatic heterocycles. The van der Waals surface area contributed by atoms with Crippen LogP contribution < -0.4 is 55.4 Å². The van der Waals surface area contributed by atoms with Crippen LogP contribution in [0.2, 0.25) is 0 Å². The molecule has 1 heterocycles. The fraction of sp³-hybridized carbons (Fsp3) is 0.421. The summed E-state index contributed by atoms with van der Waals surface area (Å²) in [6, 6.07) is 0.616. The molecule has 12 nitrogen and oxygen atoms in total. The summed E-state index contributed by atoms with van der Waals surface area (Å²) in [4.78, 5) is 35.5. The average Bonchev–Trinajstić information content (AvgIpc) is 2.73. The molecule has 5 atom stereocenters. The van der Waals surface area contributed by atoms with Crippen LogP contribution >= 0.6 is 0 Å². The number of amides is 3. The molecule has 3 amide bonds. The monoisotopic (exact) mass is 515 g/mol. The second kappa shape index (κ2) is 12.9. The number of aliphatic hydroxyl groups is 3. The first-order valence-corrected chi connectivity index (χ1v) is 9.58. The molecule has 0 unspecified atom stereocenters. The standard InChI is InChI=1S/C19H22F3N3O9.Na/c1-8(27)23-14-10(6-13(17(30)31)33-16(14)15(29)11(28)7-26)25-18(32)24-9-4-2-3-5-12(9)34-19(20,21)22;/h2-6,10-11,14-16,26,28-29H,7H2,1H3,(H,23,27)(H,30,31)(H2,24,25,32);/q;+1/p-1/t10-,11+,14+,15+,16+;/m0./s1. The van der Waals surface area contributed by atoms with Crippen LogP contribution in [0.4, 0.5) is 23.7 Å². The Bertz CT molecular complexity index is 948. The summed E-state index contributed by atoms with van der Waals surface area (Å²) in [5.41, 5.74) is -0.392. The third-order valence-corrected chi connectivity index (χ3v) is 4.48. The van der Waals surface area contributed by atoms with Crippen LogP contribution in [-0.2, 0) is 14.3 Å². The smallest absolute Gasteiger partial charge is 0.542 e. The van der Waals surface area contributed by atoms with Crippen LogP contribution in [0.5, 0.6) is 5.75 Å². The van der Waals surface area contributed by atoms with Crippen molar-refractivity contribution in [3.05, 3.63) is 36.1 Å². The zero-order valence-electron chi connectivity index (χ0n) is 18.4. The van der Waals surface area contributed by atoms with E-state index in [1.54, 1.807) is 0 Å². The average molecular weight is 515 g/mol. The zero-order chi connectivity index (χ0) is 25.6. The maximum absolute atomic E-state index is 12.6. The van der Waals surface area contributed by atoms with Crippen molar-refractivity contribution in [1.82, 2.24) is 10.6 Å². The summed E-state index contributed by atoms with van der Waals surface area (Å²) in [7, 11) is 0. The number of nitrogens with one attached hydrogen (secondary N) is 3. The molecule has 1 aromatic rings. The Morgan fingerprint density at radius 2 is 1.83 bits per heavy atom. The van der Waals surface area contributed by atoms with Gasteiger partial charge in [-0.3, -0.25) is 4.79 Å². The summed E-state index contributed by atoms with van der Waals surface area (Å²) >= 11 is 0. The maximum atomic E-state index is 12.6. The minimum atomic E-state index is -5.05. The van der Waals surface area contributed by atoms with Gasteiger partial charge in [0.1, 0.15) is 30.0 Å². The van der Waals surface area contributed by atoms with Crippen LogP contribution in [-0.4, -0.2) is 76.6 Å². The molecule has 0 radical (unpaired) electrons. The molecule has 2 rings (SSSR count). The number of aliphatic carboxylic acids is 1. The SMILES string of the molecule is CC(=O)N[C@H]1[C@H]([C@H](O)[C@H](O)CO)OC(C(=O)[O-])=C[C@@H]1NC(=O)Nc1ccccc1OC(F)(F)F.[Na+]. The Balaban J connectivity index is 0.00000612. The van der Waals surface area contributed by atoms with E-state index in [0.717, 1.165) is 25.1 Å². The Labute approximate surface area is 218 Å². The topological polar surface area (TPSA) is 190 Å². The van der Waals surface area contributed by atoms with Crippen molar-refractivity contribution < 1.29 is 87.0 Å². The van der Waals surface area contributed by atoms with Crippen LogP contribution in [0.3, 0.4) is 0 Å². The van der Waals surface area contributed by atoms with Gasteiger partial charge in [-0.15, -0.1) is 13.2 Å². The summed E-state index contributed by atoms with van der Waals surface area (Å²) in [6.07, 6.45) is -9.66. The van der Waals surface area contributed by atoms with Crippen molar-refractivity contribution in [2.45, 2.75) is 43.7 Å². The number of aliphatic hydroxyl groups excluding tert-OH is 3. The minimum Gasteiger partial charge on any atom is -0.542 e. The number of anilines is 1. The number of carbonyl (C=O) groups is 3. The number of alkyl halides is 3. The number of rotatable bonds is 8. The van der Waals surface area contributed by atoms with Gasteiger partial charge in [0, 0.05) is 6.92 Å². The molecule has 188 valence electrons. The molecule has 6 N–H and O–H groups in total. The summed E-state index contributed by atoms with van der Waals surface area (Å²) in [5.74, 6) is -4.18. The fourth-order valence-corrected chi connectivity index (χ4v) is 3.09. The number of hydrogen-bond donors (Lipinski definition) is 6. The van der Waals surface area contributed by atoms with Gasteiger partial charge >= 0.3 is 42.0 Å². The van der Waals surface area contributed by atoms with Crippen molar-refractivity contribution in [2.75, 3.05) is 11.9 Å². The number of carboxylic acid groups (broad SMARTS) is 1. The number of urea groups is 1. The molecule has 1 aliphatic rings. The largest absolute Gasteiger partial charge is 1.00 e. The molecule has 0 saturated heterocycles. The molecule has 1 aliphatic heterocycles. The molecule has 0 saturated carbocycles. The predicted octanol–water partition coefficient (Wildman–Crippen LogP) is -4.67. The second-order valence-electron chi connectivity index (χ2n) is 7.04. The van der Waals surface area contributed by atoms with E-state index in [1.807, 2.05) is 0 Å². The van der Waals surface area contributed by atoms with E-state index in [2.05, 4.69) is 20.7 Å². The number of para-hydroxylation sites is 2. The predicted molar refractivity (Wildman–Crippen MR) is 104 cm³/mol. The summed E-state index contributed by atoms with van der Waals surface area (Å²) in [5, 5.41) is 47.1. The van der Waals surface area contributed by atoms with Crippen LogP contribution in [0.1, 0.15) is 6.92 Å². The van der Waals surface area contributed by atoms with E-state index in [9.17, 15) is 42.9 Å². The quantitative estimate of drug-likeness (QED) is 0.185. The second-order valence-corrected chi connectivity index (χ2v) is 7.04. The van der Waals surface area contributed by atoms with Crippen molar-refractivity contribution in [3.63, 3.8) is 0 Å². The van der Waals surface area contributed by atoms with Gasteiger partial charge in [-0.25, -0.2) is 4.79 Å². The Kier molecular flexibility index (Phi) is 11.3. The van der Waals surface area contributed by atoms with E-state index < -0.39 is 78.5 Å². The minimum absolute atomic E-state index is 0. The van der Waals surface area contributed by atoms with Gasteiger partial charge < -0.3 is 50.6 Å². The van der Waals surface area contributed by atoms with Crippen molar-refractivity contribution in [2.24, 2.45) is 0 Å². The van der Waals surface area contributed by atoms with Gasteiger partial charge in [0.05, 0.1) is 24.4 Å². The molecule has 35 heavy (non-hydrogen) atoms. The third kappa shape index (κ3) is 8.87. The Morgan fingerprint density at radius 3 is 2.37 bits per heavy atom. The summed E-state index contributed by atoms with van der Waals surface area (Å²) in [6.45, 7) is 0.110. The number of halogens is 3. The van der Waals surface area contributed by atoms with E-state index in [4.69, 9.17) is 9.84 Å². The van der Waals surface area contributed by atoms with Gasteiger partial charge in [0.25, 0.3) is 0 Å². The maximum Gasteiger partial charge on any atom is 1.00 e. The van der Waals surface area contributed by atoms with Gasteiger partial charge in [-0.1, -0.05) is 12.1 Å². The Morgan fingerprint density at radius 1 is 1.20 bits per heavy atom. The van der Waals surface area contributed by atoms with Crippen molar-refractivity contribution in [3.8, 4) is 5.75 Å². The van der Waals surface area contributed by atoms with E-state index in [-0.39, 0.29) is 29.6 Å². The van der Waals surface area contributed by atoms with Gasteiger partial charge in [0.15, 0.2) is 5.75 Å².